The van der Waals surface area contributed by atoms with E-state index < -0.39 is 8.07 Å². The Labute approximate surface area is 120 Å². The summed E-state index contributed by atoms with van der Waals surface area (Å²) in [5.74, 6) is 1.46. The normalized spacial score (nSPS) is 45.2. The van der Waals surface area contributed by atoms with Crippen LogP contribution in [-0.4, -0.2) is 20.2 Å². The summed E-state index contributed by atoms with van der Waals surface area (Å²) in [6.45, 7) is 10.0. The van der Waals surface area contributed by atoms with Gasteiger partial charge in [0.05, 0.1) is 8.07 Å². The highest BCUT2D eigenvalue weighted by Crippen LogP contribution is 2.49. The zero-order valence-corrected chi connectivity index (χ0v) is 14.4. The number of rotatable bonds is 2. The Morgan fingerprint density at radius 2 is 1.11 bits per heavy atom. The van der Waals surface area contributed by atoms with Gasteiger partial charge in [0.1, 0.15) is 0 Å². The van der Waals surface area contributed by atoms with Crippen molar-refractivity contribution in [2.75, 3.05) is 0 Å². The Balaban J connectivity index is 2.01. The Bertz CT molecular complexity index is 277. The summed E-state index contributed by atoms with van der Waals surface area (Å²) in [4.78, 5) is 0. The summed E-state index contributed by atoms with van der Waals surface area (Å²) in [5.41, 5.74) is 14.4. The van der Waals surface area contributed by atoms with Gasteiger partial charge in [0.25, 0.3) is 0 Å². The molecule has 2 aliphatic carbocycles. The summed E-state index contributed by atoms with van der Waals surface area (Å²) in [7, 11) is -1.16. The Kier molecular flexibility index (Phi) is 4.79. The summed E-state index contributed by atoms with van der Waals surface area (Å²) < 4.78 is 0. The van der Waals surface area contributed by atoms with Gasteiger partial charge in [-0.05, 0) is 48.6 Å². The van der Waals surface area contributed by atoms with Crippen molar-refractivity contribution in [3.63, 3.8) is 0 Å². The molecule has 6 unspecified atom stereocenters. The molecule has 4 N–H and O–H groups in total. The van der Waals surface area contributed by atoms with E-state index in [1.54, 1.807) is 0 Å². The molecule has 0 aromatic carbocycles. The minimum absolute atomic E-state index is 0.458. The van der Waals surface area contributed by atoms with Crippen molar-refractivity contribution < 1.29 is 0 Å². The monoisotopic (exact) mass is 282 g/mol. The lowest BCUT2D eigenvalue weighted by Crippen LogP contribution is -2.47. The summed E-state index contributed by atoms with van der Waals surface area (Å²) in [6, 6.07) is 0.916. The van der Waals surface area contributed by atoms with E-state index in [1.165, 1.54) is 38.5 Å². The summed E-state index contributed by atoms with van der Waals surface area (Å²) in [5, 5.41) is 0. The fourth-order valence-electron chi connectivity index (χ4n) is 4.52. The lowest BCUT2D eigenvalue weighted by atomic mass is 9.85. The average Bonchev–Trinajstić information content (AvgIpc) is 2.35. The first-order chi connectivity index (χ1) is 8.82. The Morgan fingerprint density at radius 1 is 0.737 bits per heavy atom. The van der Waals surface area contributed by atoms with Crippen LogP contribution in [0.2, 0.25) is 24.2 Å². The maximum Gasteiger partial charge on any atom is 0.0536 e. The predicted octanol–water partition coefficient (Wildman–Crippen LogP) is 3.73. The maximum atomic E-state index is 6.20. The van der Waals surface area contributed by atoms with Gasteiger partial charge in [-0.3, -0.25) is 0 Å². The smallest absolute Gasteiger partial charge is 0.0536 e. The van der Waals surface area contributed by atoms with Crippen LogP contribution in [-0.2, 0) is 0 Å². The first kappa shape index (κ1) is 15.5. The van der Waals surface area contributed by atoms with E-state index in [4.69, 9.17) is 11.5 Å². The molecular weight excluding hydrogens is 248 g/mol. The summed E-state index contributed by atoms with van der Waals surface area (Å²) in [6.07, 6.45) is 8.06. The van der Waals surface area contributed by atoms with Crippen LogP contribution in [0.4, 0.5) is 0 Å². The highest BCUT2D eigenvalue weighted by atomic mass is 28.3. The van der Waals surface area contributed by atoms with Crippen molar-refractivity contribution in [2.24, 2.45) is 23.3 Å². The molecule has 0 heterocycles. The van der Waals surface area contributed by atoms with Crippen LogP contribution < -0.4 is 11.5 Å². The minimum atomic E-state index is -1.16. The van der Waals surface area contributed by atoms with E-state index >= 15 is 0 Å². The highest BCUT2D eigenvalue weighted by molar-refractivity contribution is 6.80. The van der Waals surface area contributed by atoms with E-state index in [-0.39, 0.29) is 0 Å². The zero-order chi connectivity index (χ0) is 14.2. The largest absolute Gasteiger partial charge is 0.327 e. The van der Waals surface area contributed by atoms with Crippen molar-refractivity contribution in [1.29, 1.82) is 0 Å². The second-order valence-corrected chi connectivity index (χ2v) is 13.4. The molecule has 19 heavy (non-hydrogen) atoms. The lowest BCUT2D eigenvalue weighted by molar-refractivity contribution is 0.304. The van der Waals surface area contributed by atoms with Gasteiger partial charge in [0.2, 0.25) is 0 Å². The third kappa shape index (κ3) is 3.25. The van der Waals surface area contributed by atoms with Crippen LogP contribution >= 0.6 is 0 Å². The van der Waals surface area contributed by atoms with E-state index in [0.29, 0.717) is 12.1 Å². The van der Waals surface area contributed by atoms with Crippen molar-refractivity contribution in [3.05, 3.63) is 0 Å². The van der Waals surface area contributed by atoms with E-state index in [9.17, 15) is 0 Å². The van der Waals surface area contributed by atoms with Gasteiger partial charge in [-0.2, -0.15) is 0 Å². The SMILES string of the molecule is CC1CC([Si](C)(C)C2CCC(N)C(C)C2)CCC1N. The molecule has 2 fully saturated rings. The molecule has 0 bridgehead atoms. The van der Waals surface area contributed by atoms with Gasteiger partial charge < -0.3 is 11.5 Å². The molecule has 112 valence electrons. The third-order valence-corrected chi connectivity index (χ3v) is 11.8. The van der Waals surface area contributed by atoms with E-state index in [0.717, 1.165) is 22.9 Å². The second kappa shape index (κ2) is 5.86. The van der Waals surface area contributed by atoms with Crippen molar-refractivity contribution >= 4 is 8.07 Å². The standard InChI is InChI=1S/C16H34N2Si/c1-11-9-13(5-7-15(11)17)19(3,4)14-6-8-16(18)12(2)10-14/h11-16H,5-10,17-18H2,1-4H3. The third-order valence-electron chi connectivity index (χ3n) is 6.58. The van der Waals surface area contributed by atoms with E-state index in [1.807, 2.05) is 0 Å². The Morgan fingerprint density at radius 3 is 1.42 bits per heavy atom. The first-order valence-electron chi connectivity index (χ1n) is 8.33. The molecule has 2 saturated carbocycles. The predicted molar refractivity (Wildman–Crippen MR) is 87.0 cm³/mol. The molecular formula is C16H34N2Si. The molecule has 0 radical (unpaired) electrons. The molecule has 6 atom stereocenters. The molecule has 2 aliphatic rings. The minimum Gasteiger partial charge on any atom is -0.327 e. The van der Waals surface area contributed by atoms with Crippen LogP contribution in [0.5, 0.6) is 0 Å². The second-order valence-electron chi connectivity index (χ2n) is 8.12. The molecule has 2 nitrogen and oxygen atoms in total. The lowest BCUT2D eigenvalue weighted by Gasteiger charge is -2.47. The van der Waals surface area contributed by atoms with Crippen LogP contribution in [0.1, 0.15) is 52.4 Å². The first-order valence-corrected chi connectivity index (χ1v) is 11.5. The molecule has 0 aromatic heterocycles. The van der Waals surface area contributed by atoms with Crippen molar-refractivity contribution in [3.8, 4) is 0 Å². The number of nitrogens with two attached hydrogens (primary N) is 2. The summed E-state index contributed by atoms with van der Waals surface area (Å²) >= 11 is 0. The van der Waals surface area contributed by atoms with Gasteiger partial charge in [-0.25, -0.2) is 0 Å². The average molecular weight is 283 g/mol. The van der Waals surface area contributed by atoms with Crippen molar-refractivity contribution in [2.45, 2.75) is 88.6 Å². The highest BCUT2D eigenvalue weighted by Gasteiger charge is 2.43. The molecule has 0 aliphatic heterocycles. The molecule has 2 rings (SSSR count). The van der Waals surface area contributed by atoms with Gasteiger partial charge in [-0.15, -0.1) is 0 Å². The van der Waals surface area contributed by atoms with Crippen LogP contribution in [0.15, 0.2) is 0 Å². The number of hydrogen-bond donors (Lipinski definition) is 2. The van der Waals surface area contributed by atoms with Gasteiger partial charge in [0, 0.05) is 12.1 Å². The van der Waals surface area contributed by atoms with Crippen LogP contribution in [0, 0.1) is 11.8 Å². The van der Waals surface area contributed by atoms with Gasteiger partial charge in [0.15, 0.2) is 0 Å². The van der Waals surface area contributed by atoms with E-state index in [2.05, 4.69) is 26.9 Å². The van der Waals surface area contributed by atoms with Gasteiger partial charge >= 0.3 is 0 Å². The Hall–Kier alpha value is 0.137. The zero-order valence-electron chi connectivity index (χ0n) is 13.4. The van der Waals surface area contributed by atoms with Crippen molar-refractivity contribution in [1.82, 2.24) is 0 Å². The fraction of sp³-hybridized carbons (Fsp3) is 1.00. The maximum absolute atomic E-state index is 6.20. The number of hydrogen-bond acceptors (Lipinski definition) is 2. The molecule has 0 aromatic rings. The topological polar surface area (TPSA) is 52.0 Å². The quantitative estimate of drug-likeness (QED) is 0.758. The molecule has 0 amide bonds. The van der Waals surface area contributed by atoms with Gasteiger partial charge in [-0.1, -0.05) is 39.8 Å². The van der Waals surface area contributed by atoms with Crippen LogP contribution in [0.25, 0.3) is 0 Å². The molecule has 0 spiro atoms. The van der Waals surface area contributed by atoms with Crippen LogP contribution in [0.3, 0.4) is 0 Å². The molecule has 0 saturated heterocycles. The fourth-order valence-corrected chi connectivity index (χ4v) is 8.97. The molecule has 3 heteroatoms.